The molecule has 1 saturated heterocycles. The molecule has 0 saturated carbocycles. The number of hydrogen-bond donors (Lipinski definition) is 1. The Morgan fingerprint density at radius 1 is 1.21 bits per heavy atom. The molecule has 1 unspecified atom stereocenters. The number of amides is 2. The van der Waals surface area contributed by atoms with Crippen LogP contribution in [-0.4, -0.2) is 67.4 Å². The Morgan fingerprint density at radius 3 is 2.75 bits per heavy atom. The molecule has 1 heterocycles. The maximum atomic E-state index is 12.5. The average molecular weight is 383 g/mol. The van der Waals surface area contributed by atoms with Gasteiger partial charge in [0.2, 0.25) is 11.8 Å². The molecule has 2 amide bonds. The molecule has 0 aliphatic carbocycles. The number of methoxy groups -OCH3 is 1. The molecule has 0 aromatic heterocycles. The van der Waals surface area contributed by atoms with E-state index in [4.69, 9.17) is 0 Å². The standard InChI is InChI=1S/C21H25N3O4/c1-23(14-20(26)28-2)19(25)12-18-21(27)22-10-11-24(18)13-16-8-5-7-15-6-3-4-9-17(15)16/h3-9,18H,10-14H2,1-2H3,(H,22,27). The van der Waals surface area contributed by atoms with E-state index in [1.165, 1.54) is 19.1 Å². The van der Waals surface area contributed by atoms with Crippen LogP contribution in [0.4, 0.5) is 0 Å². The van der Waals surface area contributed by atoms with E-state index in [2.05, 4.69) is 34.3 Å². The van der Waals surface area contributed by atoms with E-state index in [9.17, 15) is 14.4 Å². The van der Waals surface area contributed by atoms with Crippen LogP contribution in [0.15, 0.2) is 42.5 Å². The van der Waals surface area contributed by atoms with Crippen LogP contribution < -0.4 is 5.32 Å². The minimum absolute atomic E-state index is 0.0180. The van der Waals surface area contributed by atoms with Crippen molar-refractivity contribution in [2.24, 2.45) is 0 Å². The second kappa shape index (κ2) is 8.84. The average Bonchev–Trinajstić information content (AvgIpc) is 2.70. The van der Waals surface area contributed by atoms with Gasteiger partial charge < -0.3 is 15.0 Å². The molecule has 7 heteroatoms. The quantitative estimate of drug-likeness (QED) is 0.758. The number of benzene rings is 2. The third-order valence-corrected chi connectivity index (χ3v) is 5.08. The highest BCUT2D eigenvalue weighted by Gasteiger charge is 2.32. The monoisotopic (exact) mass is 383 g/mol. The van der Waals surface area contributed by atoms with Gasteiger partial charge >= 0.3 is 5.97 Å². The van der Waals surface area contributed by atoms with Crippen LogP contribution in [0.25, 0.3) is 10.8 Å². The molecule has 2 aromatic rings. The van der Waals surface area contributed by atoms with Crippen LogP contribution >= 0.6 is 0 Å². The van der Waals surface area contributed by atoms with Gasteiger partial charge in [-0.1, -0.05) is 42.5 Å². The zero-order valence-corrected chi connectivity index (χ0v) is 16.2. The van der Waals surface area contributed by atoms with Gasteiger partial charge in [0.25, 0.3) is 0 Å². The van der Waals surface area contributed by atoms with E-state index in [-0.39, 0.29) is 24.8 Å². The Balaban J connectivity index is 1.76. The summed E-state index contributed by atoms with van der Waals surface area (Å²) in [5.41, 5.74) is 1.12. The van der Waals surface area contributed by atoms with Gasteiger partial charge in [-0.2, -0.15) is 0 Å². The topological polar surface area (TPSA) is 78.9 Å². The number of carbonyl (C=O) groups excluding carboxylic acids is 3. The SMILES string of the molecule is COC(=O)CN(C)C(=O)CC1C(=O)NCCN1Cc1cccc2ccccc12. The number of fused-ring (bicyclic) bond motifs is 1. The first-order valence-electron chi connectivity index (χ1n) is 9.28. The minimum Gasteiger partial charge on any atom is -0.468 e. The normalized spacial score (nSPS) is 17.2. The lowest BCUT2D eigenvalue weighted by atomic mass is 10.0. The van der Waals surface area contributed by atoms with Crippen LogP contribution in [0.1, 0.15) is 12.0 Å². The summed E-state index contributed by atoms with van der Waals surface area (Å²) in [6.45, 7) is 1.65. The van der Waals surface area contributed by atoms with Crippen molar-refractivity contribution in [3.05, 3.63) is 48.0 Å². The predicted octanol–water partition coefficient (Wildman–Crippen LogP) is 1.16. The first kappa shape index (κ1) is 19.8. The number of likely N-dealkylation sites (N-methyl/N-ethyl adjacent to an activating group) is 1. The molecule has 2 aromatic carbocycles. The summed E-state index contributed by atoms with van der Waals surface area (Å²) in [6.07, 6.45) is 0.0180. The van der Waals surface area contributed by atoms with E-state index in [1.54, 1.807) is 0 Å². The van der Waals surface area contributed by atoms with Gasteiger partial charge in [-0.15, -0.1) is 0 Å². The van der Waals surface area contributed by atoms with Crippen LogP contribution in [-0.2, 0) is 25.7 Å². The van der Waals surface area contributed by atoms with Crippen molar-refractivity contribution in [1.29, 1.82) is 0 Å². The Labute approximate surface area is 164 Å². The van der Waals surface area contributed by atoms with Crippen molar-refractivity contribution < 1.29 is 19.1 Å². The molecule has 1 aliphatic rings. The molecule has 148 valence electrons. The lowest BCUT2D eigenvalue weighted by molar-refractivity contribution is -0.147. The molecule has 1 fully saturated rings. The molecule has 0 bridgehead atoms. The van der Waals surface area contributed by atoms with Crippen molar-refractivity contribution in [3.63, 3.8) is 0 Å². The largest absolute Gasteiger partial charge is 0.468 e. The Morgan fingerprint density at radius 2 is 1.96 bits per heavy atom. The number of carbonyl (C=O) groups is 3. The minimum atomic E-state index is -0.569. The Bertz CT molecular complexity index is 878. The van der Waals surface area contributed by atoms with E-state index < -0.39 is 12.0 Å². The first-order valence-corrected chi connectivity index (χ1v) is 9.28. The maximum absolute atomic E-state index is 12.5. The molecule has 1 aliphatic heterocycles. The Hall–Kier alpha value is -2.93. The smallest absolute Gasteiger partial charge is 0.325 e. The Kier molecular flexibility index (Phi) is 6.26. The fraction of sp³-hybridized carbons (Fsp3) is 0.381. The van der Waals surface area contributed by atoms with Gasteiger partial charge in [0.15, 0.2) is 0 Å². The fourth-order valence-corrected chi connectivity index (χ4v) is 3.49. The van der Waals surface area contributed by atoms with Crippen molar-refractivity contribution in [1.82, 2.24) is 15.1 Å². The number of nitrogens with zero attached hydrogens (tertiary/aromatic N) is 2. The lowest BCUT2D eigenvalue weighted by Gasteiger charge is -2.35. The fourth-order valence-electron chi connectivity index (χ4n) is 3.49. The third-order valence-electron chi connectivity index (χ3n) is 5.08. The molecule has 28 heavy (non-hydrogen) atoms. The molecule has 7 nitrogen and oxygen atoms in total. The van der Waals surface area contributed by atoms with E-state index in [0.29, 0.717) is 19.6 Å². The van der Waals surface area contributed by atoms with E-state index in [0.717, 1.165) is 16.3 Å². The van der Waals surface area contributed by atoms with Gasteiger partial charge in [0, 0.05) is 26.7 Å². The zero-order valence-electron chi connectivity index (χ0n) is 16.2. The second-order valence-corrected chi connectivity index (χ2v) is 6.95. The van der Waals surface area contributed by atoms with Gasteiger partial charge in [0.1, 0.15) is 6.54 Å². The molecule has 0 radical (unpaired) electrons. The maximum Gasteiger partial charge on any atom is 0.325 e. The third kappa shape index (κ3) is 4.48. The van der Waals surface area contributed by atoms with Gasteiger partial charge in [-0.05, 0) is 16.3 Å². The summed E-state index contributed by atoms with van der Waals surface area (Å²) in [5.74, 6) is -0.918. The number of piperazine rings is 1. The molecular weight excluding hydrogens is 358 g/mol. The van der Waals surface area contributed by atoms with Crippen molar-refractivity contribution in [2.75, 3.05) is 33.8 Å². The zero-order chi connectivity index (χ0) is 20.1. The lowest BCUT2D eigenvalue weighted by Crippen LogP contribution is -2.56. The highest BCUT2D eigenvalue weighted by Crippen LogP contribution is 2.22. The molecule has 0 spiro atoms. The molecular formula is C21H25N3O4. The highest BCUT2D eigenvalue weighted by molar-refractivity contribution is 5.90. The van der Waals surface area contributed by atoms with Gasteiger partial charge in [-0.25, -0.2) is 0 Å². The summed E-state index contributed by atoms with van der Waals surface area (Å²) in [7, 11) is 2.82. The van der Waals surface area contributed by atoms with E-state index >= 15 is 0 Å². The van der Waals surface area contributed by atoms with Crippen LogP contribution in [0, 0.1) is 0 Å². The number of hydrogen-bond acceptors (Lipinski definition) is 5. The van der Waals surface area contributed by atoms with Crippen LogP contribution in [0.5, 0.6) is 0 Å². The summed E-state index contributed by atoms with van der Waals surface area (Å²) in [5, 5.41) is 5.13. The highest BCUT2D eigenvalue weighted by atomic mass is 16.5. The number of ether oxygens (including phenoxy) is 1. The number of nitrogens with one attached hydrogen (secondary N) is 1. The molecule has 3 rings (SSSR count). The molecule has 1 atom stereocenters. The summed E-state index contributed by atoms with van der Waals surface area (Å²) in [4.78, 5) is 39.7. The number of esters is 1. The predicted molar refractivity (Wildman–Crippen MR) is 105 cm³/mol. The summed E-state index contributed by atoms with van der Waals surface area (Å²) in [6, 6.07) is 13.7. The second-order valence-electron chi connectivity index (χ2n) is 6.95. The summed E-state index contributed by atoms with van der Waals surface area (Å²) < 4.78 is 4.60. The van der Waals surface area contributed by atoms with Crippen molar-refractivity contribution in [3.8, 4) is 0 Å². The van der Waals surface area contributed by atoms with Crippen molar-refractivity contribution >= 4 is 28.6 Å². The van der Waals surface area contributed by atoms with Crippen LogP contribution in [0.2, 0.25) is 0 Å². The van der Waals surface area contributed by atoms with Gasteiger partial charge in [0.05, 0.1) is 19.6 Å². The summed E-state index contributed by atoms with van der Waals surface area (Å²) >= 11 is 0. The van der Waals surface area contributed by atoms with E-state index in [1.807, 2.05) is 23.1 Å². The molecule has 1 N–H and O–H groups in total. The van der Waals surface area contributed by atoms with Gasteiger partial charge in [-0.3, -0.25) is 19.3 Å². The number of rotatable bonds is 6. The van der Waals surface area contributed by atoms with Crippen molar-refractivity contribution in [2.45, 2.75) is 19.0 Å². The first-order chi connectivity index (χ1) is 13.5. The van der Waals surface area contributed by atoms with Crippen LogP contribution in [0.3, 0.4) is 0 Å².